The Morgan fingerprint density at radius 2 is 2.10 bits per heavy atom. The van der Waals surface area contributed by atoms with Crippen molar-refractivity contribution in [1.82, 2.24) is 4.57 Å². The molecule has 1 unspecified atom stereocenters. The third-order valence-corrected chi connectivity index (χ3v) is 6.10. The van der Waals surface area contributed by atoms with Crippen molar-refractivity contribution in [3.8, 4) is 0 Å². The van der Waals surface area contributed by atoms with E-state index in [0.717, 1.165) is 29.7 Å². The molecule has 21 heavy (non-hydrogen) atoms. The quantitative estimate of drug-likeness (QED) is 0.620. The number of benzene rings is 1. The van der Waals surface area contributed by atoms with Gasteiger partial charge in [0.1, 0.15) is 5.82 Å². The molecule has 1 atom stereocenters. The summed E-state index contributed by atoms with van der Waals surface area (Å²) in [5.74, 6) is -0.264. The zero-order valence-electron chi connectivity index (χ0n) is 11.7. The minimum absolute atomic E-state index is 0.0295. The average Bonchev–Trinajstić information content (AvgIpc) is 2.89. The summed E-state index contributed by atoms with van der Waals surface area (Å²) in [7, 11) is 1.82. The topological polar surface area (TPSA) is 45.9 Å². The van der Waals surface area contributed by atoms with Crippen LogP contribution in [0.2, 0.25) is 0 Å². The van der Waals surface area contributed by atoms with Gasteiger partial charge in [0.25, 0.3) is 5.56 Å². The maximum Gasteiger partial charge on any atom is 0.254 e. The molecule has 0 fully saturated rings. The molecule has 1 aromatic carbocycles. The van der Waals surface area contributed by atoms with Gasteiger partial charge in [-0.1, -0.05) is 12.1 Å². The zero-order valence-corrected chi connectivity index (χ0v) is 13.9. The Hall–Kier alpha value is -1.37. The lowest BCUT2D eigenvalue weighted by molar-refractivity contribution is 0.627. The first kappa shape index (κ1) is 14.6. The molecule has 1 aromatic heterocycles. The molecule has 3 rings (SSSR count). The van der Waals surface area contributed by atoms with Gasteiger partial charge in [0.15, 0.2) is 0 Å². The van der Waals surface area contributed by atoms with Gasteiger partial charge >= 0.3 is 0 Å². The number of rotatable bonds is 3. The molecular weight excluding hydrogens is 382 g/mol. The Balaban J connectivity index is 2.03. The highest BCUT2D eigenvalue weighted by Gasteiger charge is 2.25. The van der Waals surface area contributed by atoms with E-state index in [9.17, 15) is 9.18 Å². The minimum Gasteiger partial charge on any atom is -0.315 e. The molecule has 1 heterocycles. The van der Waals surface area contributed by atoms with E-state index < -0.39 is 21.0 Å². The van der Waals surface area contributed by atoms with E-state index in [1.54, 1.807) is 16.7 Å². The maximum absolute atomic E-state index is 13.0. The molecule has 110 valence electrons. The summed E-state index contributed by atoms with van der Waals surface area (Å²) in [5, 5.41) is 0. The molecule has 5 heteroatoms. The number of fused-ring (bicyclic) bond motifs is 1. The fourth-order valence-corrected chi connectivity index (χ4v) is 4.43. The number of halogens is 2. The van der Waals surface area contributed by atoms with Crippen molar-refractivity contribution in [2.75, 3.05) is 0 Å². The van der Waals surface area contributed by atoms with Gasteiger partial charge in [0.2, 0.25) is 0 Å². The summed E-state index contributed by atoms with van der Waals surface area (Å²) in [5.41, 5.74) is 3.99. The Morgan fingerprint density at radius 3 is 2.76 bits per heavy atom. The van der Waals surface area contributed by atoms with Crippen LogP contribution in [0.25, 0.3) is 0 Å². The van der Waals surface area contributed by atoms with Crippen LogP contribution in [-0.4, -0.2) is 4.57 Å². The van der Waals surface area contributed by atoms with E-state index in [0.29, 0.717) is 10.3 Å². The second-order valence-electron chi connectivity index (χ2n) is 5.35. The second-order valence-corrected chi connectivity index (χ2v) is 7.48. The number of pyridine rings is 1. The van der Waals surface area contributed by atoms with Crippen LogP contribution in [0, 0.1) is 9.38 Å². The Kier molecular flexibility index (Phi) is 4.01. The van der Waals surface area contributed by atoms with Crippen molar-refractivity contribution in [2.24, 2.45) is 7.05 Å². The molecule has 3 nitrogen and oxygen atoms in total. The van der Waals surface area contributed by atoms with Gasteiger partial charge in [-0.25, -0.2) is 4.39 Å². The third kappa shape index (κ3) is 2.71. The van der Waals surface area contributed by atoms with Crippen molar-refractivity contribution < 1.29 is 4.39 Å². The number of hydrogen-bond donors (Lipinski definition) is 1. The Labute approximate surface area is 132 Å². The zero-order chi connectivity index (χ0) is 15.0. The summed E-state index contributed by atoms with van der Waals surface area (Å²) in [6.45, 7) is 0. The van der Waals surface area contributed by atoms with Crippen molar-refractivity contribution in [3.63, 3.8) is 0 Å². The fourth-order valence-electron chi connectivity index (χ4n) is 2.93. The predicted molar refractivity (Wildman–Crippen MR) is 88.7 cm³/mol. The SMILES string of the molecule is Cn1c2c(cc(Cc3ccc(F)cc3)c1=O)C(I=N)CC2. The largest absolute Gasteiger partial charge is 0.315 e. The van der Waals surface area contributed by atoms with E-state index in [1.807, 2.05) is 13.1 Å². The number of hydrogen-bond acceptors (Lipinski definition) is 2. The van der Waals surface area contributed by atoms with Crippen LogP contribution >= 0.6 is 21.0 Å². The molecule has 0 spiro atoms. The number of nitrogens with one attached hydrogen (secondary N) is 1. The van der Waals surface area contributed by atoms with Crippen molar-refractivity contribution in [3.05, 3.63) is 68.9 Å². The lowest BCUT2D eigenvalue weighted by Gasteiger charge is -2.12. The molecule has 0 saturated heterocycles. The normalized spacial score (nSPS) is 17.0. The highest BCUT2D eigenvalue weighted by molar-refractivity contribution is 14.1. The summed E-state index contributed by atoms with van der Waals surface area (Å²) in [6.07, 6.45) is 2.42. The van der Waals surface area contributed by atoms with Crippen LogP contribution in [0.1, 0.15) is 32.7 Å². The van der Waals surface area contributed by atoms with Crippen molar-refractivity contribution in [2.45, 2.75) is 23.2 Å². The first-order valence-corrected chi connectivity index (χ1v) is 9.18. The standard InChI is InChI=1S/C16H16FIN2O/c1-20-15-7-6-14(18-19)13(15)9-11(16(20)21)8-10-2-4-12(17)5-3-10/h2-5,9,14,19H,6-8H2,1H3. The predicted octanol–water partition coefficient (Wildman–Crippen LogP) is 3.84. The van der Waals surface area contributed by atoms with Crippen molar-refractivity contribution >= 4 is 21.0 Å². The summed E-state index contributed by atoms with van der Waals surface area (Å²) >= 11 is -0.600. The molecule has 1 aliphatic rings. The van der Waals surface area contributed by atoms with E-state index in [1.165, 1.54) is 17.7 Å². The van der Waals surface area contributed by atoms with E-state index in [2.05, 4.69) is 0 Å². The molecule has 0 amide bonds. The molecule has 0 bridgehead atoms. The van der Waals surface area contributed by atoms with Gasteiger partial charge in [-0.3, -0.25) is 8.36 Å². The van der Waals surface area contributed by atoms with E-state index in [-0.39, 0.29) is 11.4 Å². The van der Waals surface area contributed by atoms with Gasteiger partial charge in [0, 0.05) is 28.7 Å². The lowest BCUT2D eigenvalue weighted by atomic mass is 10.0. The monoisotopic (exact) mass is 398 g/mol. The highest BCUT2D eigenvalue weighted by Crippen LogP contribution is 2.40. The van der Waals surface area contributed by atoms with Crippen LogP contribution in [-0.2, 0) is 19.9 Å². The summed E-state index contributed by atoms with van der Waals surface area (Å²) in [4.78, 5) is 12.4. The van der Waals surface area contributed by atoms with Gasteiger partial charge in [-0.15, -0.1) is 0 Å². The summed E-state index contributed by atoms with van der Waals surface area (Å²) in [6, 6.07) is 8.28. The van der Waals surface area contributed by atoms with Gasteiger partial charge < -0.3 is 4.57 Å². The number of nitrogens with zero attached hydrogens (tertiary/aromatic N) is 1. The fraction of sp³-hybridized carbons (Fsp3) is 0.312. The van der Waals surface area contributed by atoms with Gasteiger partial charge in [-0.05, 0) is 63.2 Å². The second kappa shape index (κ2) is 5.79. The molecule has 0 aliphatic heterocycles. The van der Waals surface area contributed by atoms with E-state index >= 15 is 0 Å². The van der Waals surface area contributed by atoms with Gasteiger partial charge in [-0.2, -0.15) is 0 Å². The third-order valence-electron chi connectivity index (χ3n) is 4.06. The number of alkyl halides is 1. The first-order valence-electron chi connectivity index (χ1n) is 6.85. The van der Waals surface area contributed by atoms with Crippen LogP contribution in [0.15, 0.2) is 35.1 Å². The molecule has 0 saturated carbocycles. The van der Waals surface area contributed by atoms with Gasteiger partial charge in [0.05, 0.1) is 0 Å². The minimum atomic E-state index is -0.600. The summed E-state index contributed by atoms with van der Waals surface area (Å²) < 4.78 is 22.8. The molecular formula is C16H16FIN2O. The van der Waals surface area contributed by atoms with Crippen LogP contribution in [0.4, 0.5) is 4.39 Å². The maximum atomic E-state index is 13.0. The smallest absolute Gasteiger partial charge is 0.254 e. The average molecular weight is 398 g/mol. The molecule has 1 aliphatic carbocycles. The Morgan fingerprint density at radius 1 is 1.38 bits per heavy atom. The van der Waals surface area contributed by atoms with Crippen LogP contribution in [0.3, 0.4) is 0 Å². The van der Waals surface area contributed by atoms with Crippen LogP contribution < -0.4 is 5.56 Å². The molecule has 1 N–H and O–H groups in total. The first-order chi connectivity index (χ1) is 10.1. The Bertz CT molecular complexity index is 752. The van der Waals surface area contributed by atoms with Crippen molar-refractivity contribution in [1.29, 1.82) is 3.56 Å². The van der Waals surface area contributed by atoms with E-state index in [4.69, 9.17) is 3.56 Å². The highest BCUT2D eigenvalue weighted by atomic mass is 127. The molecule has 2 aromatic rings. The molecule has 0 radical (unpaired) electrons. The van der Waals surface area contributed by atoms with Crippen LogP contribution in [0.5, 0.6) is 0 Å². The lowest BCUT2D eigenvalue weighted by Crippen LogP contribution is -2.24. The number of aromatic nitrogens is 1.